The predicted octanol–water partition coefficient (Wildman–Crippen LogP) is -1.42. The number of aliphatic carboxylic acids is 2. The fraction of sp³-hybridized carbons (Fsp3) is 0.714. The first kappa shape index (κ1) is 29.6. The standard InChI is InChI=1S/2C7H13NO3S.Ca/c2*1-5(9)8-6(7(10)11)3-4-12-2;/h2*6H,3-4H2,1-2H3,(H,8,9)(H,10,11);/q;;+2/p-2/t2*6-;/m00./s1. The molecule has 0 radical (unpaired) electrons. The van der Waals surface area contributed by atoms with Crippen LogP contribution in [-0.2, 0) is 14.4 Å². The maximum absolute atomic E-state index is 10.5. The molecule has 0 spiro atoms. The van der Waals surface area contributed by atoms with Crippen molar-refractivity contribution in [2.75, 3.05) is 24.0 Å². The quantitative estimate of drug-likeness (QED) is 0.249. The third-order valence-electron chi connectivity index (χ3n) is 2.49. The minimum atomic E-state index is -1.28. The average Bonchev–Trinajstić information content (AvgIpc) is 2.47. The van der Waals surface area contributed by atoms with E-state index in [2.05, 4.69) is 10.3 Å². The molecule has 0 unspecified atom stereocenters. The van der Waals surface area contributed by atoms with Crippen LogP contribution in [0, 0.1) is 0 Å². The van der Waals surface area contributed by atoms with Crippen LogP contribution in [0.25, 0.3) is 0 Å². The number of nitrogens with zero attached hydrogens (tertiary/aromatic N) is 1. The number of rotatable bonds is 10. The summed E-state index contributed by atoms with van der Waals surface area (Å²) in [6.07, 6.45) is 4.58. The molecule has 0 aromatic rings. The summed E-state index contributed by atoms with van der Waals surface area (Å²) in [5, 5.41) is 31.8. The number of carboxylic acid groups (broad SMARTS) is 2. The van der Waals surface area contributed by atoms with Crippen LogP contribution >= 0.6 is 23.5 Å². The van der Waals surface area contributed by atoms with Crippen molar-refractivity contribution < 1.29 is 29.7 Å². The molecule has 0 saturated heterocycles. The summed E-state index contributed by atoms with van der Waals surface area (Å²) in [7, 11) is 0. The van der Waals surface area contributed by atoms with Gasteiger partial charge in [0.15, 0.2) is 0 Å². The molecule has 0 saturated carbocycles. The third-order valence-corrected chi connectivity index (χ3v) is 3.78. The number of nitrogens with one attached hydrogen (secondary N) is 1. The van der Waals surface area contributed by atoms with E-state index in [-0.39, 0.29) is 43.6 Å². The largest absolute Gasteiger partial charge is 2.00 e. The molecule has 25 heavy (non-hydrogen) atoms. The SMILES string of the molecule is CSCC[C@H](N=C(C)[O-])C(=O)[O-].CSCC[C@H](NC(C)=O)C(=O)O.[Ca+2]. The Kier molecular flexibility index (Phi) is 22.1. The van der Waals surface area contributed by atoms with Gasteiger partial charge in [0, 0.05) is 6.92 Å². The fourth-order valence-corrected chi connectivity index (χ4v) is 2.35. The van der Waals surface area contributed by atoms with Crippen LogP contribution < -0.4 is 15.5 Å². The van der Waals surface area contributed by atoms with Gasteiger partial charge in [0.2, 0.25) is 5.91 Å². The smallest absolute Gasteiger partial charge is 0.862 e. The van der Waals surface area contributed by atoms with Gasteiger partial charge in [-0.3, -0.25) is 9.79 Å². The molecule has 0 aliphatic rings. The molecule has 1 amide bonds. The summed E-state index contributed by atoms with van der Waals surface area (Å²) in [5.74, 6) is -1.63. The van der Waals surface area contributed by atoms with Crippen molar-refractivity contribution in [2.45, 2.75) is 38.8 Å². The van der Waals surface area contributed by atoms with Gasteiger partial charge in [0.25, 0.3) is 0 Å². The van der Waals surface area contributed by atoms with Crippen LogP contribution in [-0.4, -0.2) is 103 Å². The van der Waals surface area contributed by atoms with Crippen molar-refractivity contribution in [1.82, 2.24) is 5.32 Å². The number of carboxylic acids is 2. The van der Waals surface area contributed by atoms with Crippen LogP contribution in [0.5, 0.6) is 0 Å². The van der Waals surface area contributed by atoms with Crippen molar-refractivity contribution in [2.24, 2.45) is 4.99 Å². The topological polar surface area (TPSA) is 142 Å². The van der Waals surface area contributed by atoms with E-state index in [0.29, 0.717) is 18.6 Å². The fourth-order valence-electron chi connectivity index (χ4n) is 1.42. The molecule has 0 aliphatic carbocycles. The number of carbonyl (C=O) groups is 3. The molecule has 8 nitrogen and oxygen atoms in total. The second-order valence-electron chi connectivity index (χ2n) is 4.64. The monoisotopic (exact) mass is 420 g/mol. The molecule has 11 heteroatoms. The number of thioether (sulfide) groups is 2. The normalized spacial score (nSPS) is 12.7. The van der Waals surface area contributed by atoms with E-state index >= 15 is 0 Å². The first-order chi connectivity index (χ1) is 11.1. The Bertz CT molecular complexity index is 434. The molecule has 0 heterocycles. The van der Waals surface area contributed by atoms with Gasteiger partial charge < -0.3 is 25.4 Å². The molecule has 0 bridgehead atoms. The van der Waals surface area contributed by atoms with Crippen LogP contribution in [0.1, 0.15) is 26.7 Å². The molecule has 140 valence electrons. The first-order valence-corrected chi connectivity index (χ1v) is 9.84. The molecular weight excluding hydrogens is 396 g/mol. The molecular formula is C14H24CaN2O6S2. The summed E-state index contributed by atoms with van der Waals surface area (Å²) in [6, 6.07) is -1.72. The van der Waals surface area contributed by atoms with Gasteiger partial charge >= 0.3 is 43.7 Å². The molecule has 0 fully saturated rings. The number of hydrogen-bond acceptors (Lipinski definition) is 8. The van der Waals surface area contributed by atoms with Gasteiger partial charge in [-0.2, -0.15) is 23.5 Å². The Morgan fingerprint density at radius 3 is 1.88 bits per heavy atom. The predicted molar refractivity (Wildman–Crippen MR) is 98.9 cm³/mol. The second kappa shape index (κ2) is 18.6. The molecule has 0 aliphatic heterocycles. The van der Waals surface area contributed by atoms with Gasteiger partial charge in [-0.15, -0.1) is 0 Å². The average molecular weight is 421 g/mol. The van der Waals surface area contributed by atoms with Gasteiger partial charge in [0.05, 0.1) is 12.0 Å². The minimum Gasteiger partial charge on any atom is -0.862 e. The first-order valence-electron chi connectivity index (χ1n) is 7.05. The Balaban J connectivity index is -0.000000372. The Morgan fingerprint density at radius 1 is 1.08 bits per heavy atom. The maximum Gasteiger partial charge on any atom is 2.00 e. The maximum atomic E-state index is 10.5. The zero-order valence-electron chi connectivity index (χ0n) is 14.9. The van der Waals surface area contributed by atoms with Gasteiger partial charge in [-0.25, -0.2) is 4.79 Å². The Morgan fingerprint density at radius 2 is 1.56 bits per heavy atom. The van der Waals surface area contributed by atoms with E-state index in [1.165, 1.54) is 25.6 Å². The third kappa shape index (κ3) is 20.0. The van der Waals surface area contributed by atoms with Gasteiger partial charge in [0.1, 0.15) is 6.04 Å². The summed E-state index contributed by atoms with van der Waals surface area (Å²) in [6.45, 7) is 2.55. The van der Waals surface area contributed by atoms with Gasteiger partial charge in [-0.05, 0) is 49.7 Å². The van der Waals surface area contributed by atoms with Crippen molar-refractivity contribution in [1.29, 1.82) is 0 Å². The summed E-state index contributed by atoms with van der Waals surface area (Å²) < 4.78 is 0. The van der Waals surface area contributed by atoms with Crippen LogP contribution in [0.15, 0.2) is 4.99 Å². The van der Waals surface area contributed by atoms with Crippen LogP contribution in [0.2, 0.25) is 0 Å². The van der Waals surface area contributed by atoms with Crippen molar-refractivity contribution in [3.63, 3.8) is 0 Å². The van der Waals surface area contributed by atoms with Crippen molar-refractivity contribution in [3.05, 3.63) is 0 Å². The van der Waals surface area contributed by atoms with Gasteiger partial charge in [-0.1, -0.05) is 0 Å². The number of aliphatic imine (C=N–C) groups is 1. The zero-order chi connectivity index (χ0) is 19.1. The van der Waals surface area contributed by atoms with Crippen LogP contribution in [0.3, 0.4) is 0 Å². The van der Waals surface area contributed by atoms with E-state index in [9.17, 15) is 24.6 Å². The van der Waals surface area contributed by atoms with E-state index in [0.717, 1.165) is 5.75 Å². The zero-order valence-corrected chi connectivity index (χ0v) is 18.8. The molecule has 0 rings (SSSR count). The number of amides is 1. The van der Waals surface area contributed by atoms with Crippen LogP contribution in [0.4, 0.5) is 0 Å². The van der Waals surface area contributed by atoms with E-state index in [1.54, 1.807) is 11.8 Å². The molecule has 0 aromatic heterocycles. The summed E-state index contributed by atoms with van der Waals surface area (Å²) in [5.41, 5.74) is 0. The van der Waals surface area contributed by atoms with E-state index in [4.69, 9.17) is 5.11 Å². The molecule has 0 aromatic carbocycles. The number of hydrogen-bond donors (Lipinski definition) is 2. The summed E-state index contributed by atoms with van der Waals surface area (Å²) in [4.78, 5) is 34.8. The van der Waals surface area contributed by atoms with E-state index in [1.807, 2.05) is 12.5 Å². The molecule has 2 atom stereocenters. The molecule has 2 N–H and O–H groups in total. The Hall–Kier alpha value is -0.160. The Labute approximate surface area is 186 Å². The van der Waals surface area contributed by atoms with Crippen molar-refractivity contribution in [3.8, 4) is 0 Å². The summed E-state index contributed by atoms with van der Waals surface area (Å²) >= 11 is 3.07. The van der Waals surface area contributed by atoms with E-state index < -0.39 is 29.9 Å². The number of carbonyl (C=O) groups excluding carboxylic acids is 2. The minimum absolute atomic E-state index is 0. The van der Waals surface area contributed by atoms with Crippen molar-refractivity contribution >= 4 is 85.0 Å². The second-order valence-corrected chi connectivity index (χ2v) is 6.61.